The molecule has 4 heteroatoms. The van der Waals surface area contributed by atoms with Gasteiger partial charge in [0.25, 0.3) is 5.91 Å². The normalized spacial score (nSPS) is 10.8. The maximum atomic E-state index is 13.0. The summed E-state index contributed by atoms with van der Waals surface area (Å²) in [6.45, 7) is 5.32. The van der Waals surface area contributed by atoms with Crippen LogP contribution in [-0.2, 0) is 0 Å². The lowest BCUT2D eigenvalue weighted by molar-refractivity contribution is 0.0775. The average molecular weight is 339 g/mol. The highest BCUT2D eigenvalue weighted by Gasteiger charge is 2.18. The van der Waals surface area contributed by atoms with Gasteiger partial charge in [0, 0.05) is 29.1 Å². The van der Waals surface area contributed by atoms with Crippen molar-refractivity contribution in [2.75, 3.05) is 13.1 Å². The Labute approximate surface area is 146 Å². The van der Waals surface area contributed by atoms with E-state index in [-0.39, 0.29) is 5.91 Å². The quantitative estimate of drug-likeness (QED) is 0.668. The van der Waals surface area contributed by atoms with Gasteiger partial charge in [-0.15, -0.1) is 0 Å². The van der Waals surface area contributed by atoms with Gasteiger partial charge in [-0.1, -0.05) is 48.0 Å². The molecule has 0 radical (unpaired) electrons. The van der Waals surface area contributed by atoms with E-state index in [2.05, 4.69) is 0 Å². The number of hydrogen-bond acceptors (Lipinski definition) is 2. The molecule has 3 rings (SSSR count). The van der Waals surface area contributed by atoms with Crippen molar-refractivity contribution in [2.24, 2.45) is 0 Å². The van der Waals surface area contributed by atoms with E-state index in [4.69, 9.17) is 16.6 Å². The number of rotatable bonds is 4. The fraction of sp³-hybridized carbons (Fsp3) is 0.200. The number of carbonyl (C=O) groups is 1. The third-order valence-corrected chi connectivity index (χ3v) is 4.48. The van der Waals surface area contributed by atoms with Gasteiger partial charge in [0.1, 0.15) is 0 Å². The molecular weight excluding hydrogens is 320 g/mol. The van der Waals surface area contributed by atoms with Crippen molar-refractivity contribution in [1.29, 1.82) is 0 Å². The van der Waals surface area contributed by atoms with Crippen molar-refractivity contribution >= 4 is 28.4 Å². The van der Waals surface area contributed by atoms with Crippen molar-refractivity contribution in [3.63, 3.8) is 0 Å². The van der Waals surface area contributed by atoms with Crippen molar-refractivity contribution < 1.29 is 4.79 Å². The summed E-state index contributed by atoms with van der Waals surface area (Å²) in [5.74, 6) is 0.0203. The molecule has 0 saturated heterocycles. The lowest BCUT2D eigenvalue weighted by Gasteiger charge is -2.20. The van der Waals surface area contributed by atoms with Crippen LogP contribution in [0, 0.1) is 0 Å². The average Bonchev–Trinajstić information content (AvgIpc) is 2.62. The van der Waals surface area contributed by atoms with Gasteiger partial charge in [0.05, 0.1) is 16.8 Å². The molecule has 3 aromatic rings. The molecule has 0 aliphatic heterocycles. The van der Waals surface area contributed by atoms with E-state index in [1.807, 2.05) is 73.3 Å². The summed E-state index contributed by atoms with van der Waals surface area (Å²) in [6.07, 6.45) is 0. The van der Waals surface area contributed by atoms with Gasteiger partial charge < -0.3 is 4.90 Å². The van der Waals surface area contributed by atoms with Crippen LogP contribution in [0.25, 0.3) is 22.2 Å². The monoisotopic (exact) mass is 338 g/mol. The second kappa shape index (κ2) is 7.02. The predicted molar refractivity (Wildman–Crippen MR) is 99.4 cm³/mol. The molecule has 0 saturated carbocycles. The molecule has 3 nitrogen and oxygen atoms in total. The van der Waals surface area contributed by atoms with E-state index in [1.165, 1.54) is 0 Å². The summed E-state index contributed by atoms with van der Waals surface area (Å²) < 4.78 is 0. The molecular formula is C20H19ClN2O. The van der Waals surface area contributed by atoms with Crippen molar-refractivity contribution in [1.82, 2.24) is 9.88 Å². The summed E-state index contributed by atoms with van der Waals surface area (Å²) in [6, 6.07) is 17.1. The second-order valence-corrected chi connectivity index (χ2v) is 5.94. The van der Waals surface area contributed by atoms with Crippen LogP contribution in [0.2, 0.25) is 5.02 Å². The number of hydrogen-bond donors (Lipinski definition) is 0. The first-order valence-corrected chi connectivity index (χ1v) is 8.47. The fourth-order valence-electron chi connectivity index (χ4n) is 2.84. The molecule has 2 aromatic carbocycles. The Balaban J connectivity index is 2.24. The Hall–Kier alpha value is -2.39. The minimum atomic E-state index is 0.0203. The molecule has 1 heterocycles. The minimum Gasteiger partial charge on any atom is -0.339 e. The Morgan fingerprint density at radius 1 is 1.04 bits per heavy atom. The number of amides is 1. The maximum absolute atomic E-state index is 13.0. The van der Waals surface area contributed by atoms with Crippen molar-refractivity contribution in [3.05, 3.63) is 65.2 Å². The zero-order chi connectivity index (χ0) is 17.1. The third-order valence-electron chi connectivity index (χ3n) is 4.15. The first-order valence-electron chi connectivity index (χ1n) is 8.09. The molecule has 1 aromatic heterocycles. The predicted octanol–water partition coefficient (Wildman–Crippen LogP) is 5.04. The van der Waals surface area contributed by atoms with Crippen molar-refractivity contribution in [3.8, 4) is 11.3 Å². The molecule has 24 heavy (non-hydrogen) atoms. The number of aromatic nitrogens is 1. The smallest absolute Gasteiger partial charge is 0.254 e. The van der Waals surface area contributed by atoms with Crippen LogP contribution in [0.1, 0.15) is 24.2 Å². The van der Waals surface area contributed by atoms with E-state index in [1.54, 1.807) is 0 Å². The number of para-hydroxylation sites is 1. The van der Waals surface area contributed by atoms with Gasteiger partial charge in [-0.2, -0.15) is 0 Å². The Morgan fingerprint density at radius 2 is 1.71 bits per heavy atom. The van der Waals surface area contributed by atoms with Gasteiger partial charge in [0.15, 0.2) is 0 Å². The maximum Gasteiger partial charge on any atom is 0.254 e. The summed E-state index contributed by atoms with van der Waals surface area (Å²) >= 11 is 6.32. The Morgan fingerprint density at radius 3 is 2.42 bits per heavy atom. The first-order chi connectivity index (χ1) is 11.7. The number of carbonyl (C=O) groups excluding carboxylic acids is 1. The van der Waals surface area contributed by atoms with Gasteiger partial charge in [-0.25, -0.2) is 4.98 Å². The van der Waals surface area contributed by atoms with Crippen LogP contribution < -0.4 is 0 Å². The number of pyridine rings is 1. The molecule has 0 aliphatic rings. The zero-order valence-corrected chi connectivity index (χ0v) is 14.5. The molecule has 122 valence electrons. The number of halogens is 1. The highest BCUT2D eigenvalue weighted by Crippen LogP contribution is 2.30. The van der Waals surface area contributed by atoms with Gasteiger partial charge in [-0.05, 0) is 32.0 Å². The molecule has 0 N–H and O–H groups in total. The third kappa shape index (κ3) is 3.00. The lowest BCUT2D eigenvalue weighted by Crippen LogP contribution is -2.30. The van der Waals surface area contributed by atoms with E-state index < -0.39 is 0 Å². The second-order valence-electron chi connectivity index (χ2n) is 5.53. The first kappa shape index (κ1) is 16.5. The van der Waals surface area contributed by atoms with E-state index in [0.717, 1.165) is 22.2 Å². The van der Waals surface area contributed by atoms with E-state index in [9.17, 15) is 4.79 Å². The van der Waals surface area contributed by atoms with Crippen LogP contribution in [0.4, 0.5) is 0 Å². The van der Waals surface area contributed by atoms with Gasteiger partial charge in [-0.3, -0.25) is 4.79 Å². The largest absolute Gasteiger partial charge is 0.339 e. The number of nitrogens with zero attached hydrogens (tertiary/aromatic N) is 2. The molecule has 0 bridgehead atoms. The highest BCUT2D eigenvalue weighted by molar-refractivity contribution is 6.33. The zero-order valence-electron chi connectivity index (χ0n) is 13.8. The topological polar surface area (TPSA) is 33.2 Å². The summed E-state index contributed by atoms with van der Waals surface area (Å²) in [4.78, 5) is 19.5. The standard InChI is InChI=1S/C20H19ClN2O/c1-3-23(4-2)20(24)16-13-19(15-10-5-7-11-17(15)21)22-18-12-8-6-9-14(16)18/h5-13H,3-4H2,1-2H3. The van der Waals surface area contributed by atoms with Crippen LogP contribution in [0.5, 0.6) is 0 Å². The summed E-state index contributed by atoms with van der Waals surface area (Å²) in [5, 5.41) is 1.49. The molecule has 0 unspecified atom stereocenters. The van der Waals surface area contributed by atoms with Crippen LogP contribution in [0.15, 0.2) is 54.6 Å². The van der Waals surface area contributed by atoms with Crippen LogP contribution >= 0.6 is 11.6 Å². The van der Waals surface area contributed by atoms with E-state index >= 15 is 0 Å². The SMILES string of the molecule is CCN(CC)C(=O)c1cc(-c2ccccc2Cl)nc2ccccc12. The van der Waals surface area contributed by atoms with Crippen LogP contribution in [0.3, 0.4) is 0 Å². The summed E-state index contributed by atoms with van der Waals surface area (Å²) in [7, 11) is 0. The van der Waals surface area contributed by atoms with Gasteiger partial charge >= 0.3 is 0 Å². The fourth-order valence-corrected chi connectivity index (χ4v) is 3.07. The summed E-state index contributed by atoms with van der Waals surface area (Å²) in [5.41, 5.74) is 3.01. The molecule has 0 spiro atoms. The molecule has 0 atom stereocenters. The Kier molecular flexibility index (Phi) is 4.81. The molecule has 1 amide bonds. The van der Waals surface area contributed by atoms with Gasteiger partial charge in [0.2, 0.25) is 0 Å². The Bertz CT molecular complexity index is 888. The van der Waals surface area contributed by atoms with Crippen LogP contribution in [-0.4, -0.2) is 28.9 Å². The number of benzene rings is 2. The molecule has 0 fully saturated rings. The minimum absolute atomic E-state index is 0.0203. The van der Waals surface area contributed by atoms with E-state index in [0.29, 0.717) is 23.7 Å². The molecule has 0 aliphatic carbocycles. The highest BCUT2D eigenvalue weighted by atomic mass is 35.5. The number of fused-ring (bicyclic) bond motifs is 1. The van der Waals surface area contributed by atoms with Crippen molar-refractivity contribution in [2.45, 2.75) is 13.8 Å². The lowest BCUT2D eigenvalue weighted by atomic mass is 10.0.